The van der Waals surface area contributed by atoms with Crippen molar-refractivity contribution in [3.63, 3.8) is 0 Å². The number of carbonyl (C=O) groups is 2. The first-order valence-electron chi connectivity index (χ1n) is 4.53. The molecule has 0 N–H and O–H groups in total. The van der Waals surface area contributed by atoms with Crippen molar-refractivity contribution < 1.29 is 14.3 Å². The highest BCUT2D eigenvalue weighted by molar-refractivity contribution is 6.41. The number of ether oxygens (including phenoxy) is 1. The van der Waals surface area contributed by atoms with Gasteiger partial charge in [-0.15, -0.1) is 0 Å². The molecular formula is C10H7Cl2NO3. The fourth-order valence-corrected chi connectivity index (χ4v) is 1.94. The van der Waals surface area contributed by atoms with Crippen molar-refractivity contribution in [2.24, 2.45) is 0 Å². The van der Waals surface area contributed by atoms with Crippen LogP contribution in [0, 0.1) is 0 Å². The van der Waals surface area contributed by atoms with Crippen molar-refractivity contribution in [2.45, 2.75) is 0 Å². The SMILES string of the molecule is O=C1OCCN(c2ccc(Cl)cc2Cl)C1=O. The Morgan fingerprint density at radius 1 is 1.25 bits per heavy atom. The minimum atomic E-state index is -0.864. The third-order valence-corrected chi connectivity index (χ3v) is 2.71. The molecular weight excluding hydrogens is 253 g/mol. The highest BCUT2D eigenvalue weighted by Crippen LogP contribution is 2.29. The second kappa shape index (κ2) is 4.31. The van der Waals surface area contributed by atoms with Gasteiger partial charge in [0.2, 0.25) is 0 Å². The predicted molar refractivity (Wildman–Crippen MR) is 59.8 cm³/mol. The van der Waals surface area contributed by atoms with Crippen molar-refractivity contribution >= 4 is 40.8 Å². The number of rotatable bonds is 1. The van der Waals surface area contributed by atoms with Gasteiger partial charge in [0, 0.05) is 5.02 Å². The molecule has 0 radical (unpaired) electrons. The summed E-state index contributed by atoms with van der Waals surface area (Å²) < 4.78 is 4.61. The van der Waals surface area contributed by atoms with Crippen LogP contribution in [-0.2, 0) is 14.3 Å². The minimum absolute atomic E-state index is 0.170. The average Bonchev–Trinajstić information content (AvgIpc) is 2.23. The molecule has 2 rings (SSSR count). The standard InChI is InChI=1S/C10H7Cl2NO3/c11-6-1-2-8(7(12)5-6)13-3-4-16-10(15)9(13)14/h1-2,5H,3-4H2. The summed E-state index contributed by atoms with van der Waals surface area (Å²) in [6.45, 7) is 0.468. The predicted octanol–water partition coefficient (Wildman–Crippen LogP) is 1.88. The molecule has 16 heavy (non-hydrogen) atoms. The smallest absolute Gasteiger partial charge is 0.397 e. The Hall–Kier alpha value is -1.26. The Morgan fingerprint density at radius 2 is 2.00 bits per heavy atom. The number of hydrogen-bond acceptors (Lipinski definition) is 3. The molecule has 0 saturated carbocycles. The molecule has 1 aliphatic rings. The first kappa shape index (κ1) is 11.2. The van der Waals surface area contributed by atoms with Crippen molar-refractivity contribution in [3.8, 4) is 0 Å². The molecule has 1 heterocycles. The summed E-state index contributed by atoms with van der Waals surface area (Å²) in [6.07, 6.45) is 0. The van der Waals surface area contributed by atoms with E-state index in [2.05, 4.69) is 4.74 Å². The summed E-state index contributed by atoms with van der Waals surface area (Å²) in [5, 5.41) is 0.802. The summed E-state index contributed by atoms with van der Waals surface area (Å²) in [7, 11) is 0. The van der Waals surface area contributed by atoms with Gasteiger partial charge in [-0.2, -0.15) is 0 Å². The lowest BCUT2D eigenvalue weighted by atomic mass is 10.2. The summed E-state index contributed by atoms with van der Waals surface area (Å²) in [6, 6.07) is 4.73. The van der Waals surface area contributed by atoms with Crippen molar-refractivity contribution in [2.75, 3.05) is 18.1 Å². The van der Waals surface area contributed by atoms with E-state index in [1.165, 1.54) is 11.0 Å². The van der Waals surface area contributed by atoms with Gasteiger partial charge in [0.15, 0.2) is 0 Å². The molecule has 0 spiro atoms. The first-order chi connectivity index (χ1) is 7.59. The molecule has 1 saturated heterocycles. The molecule has 6 heteroatoms. The number of esters is 1. The third kappa shape index (κ3) is 1.99. The molecule has 0 aromatic heterocycles. The normalized spacial score (nSPS) is 16.2. The van der Waals surface area contributed by atoms with Crippen LogP contribution in [0.5, 0.6) is 0 Å². The molecule has 4 nitrogen and oxygen atoms in total. The second-order valence-corrected chi connectivity index (χ2v) is 4.03. The number of morpholine rings is 1. The summed E-state index contributed by atoms with van der Waals surface area (Å²) in [4.78, 5) is 23.9. The van der Waals surface area contributed by atoms with E-state index in [9.17, 15) is 9.59 Å². The van der Waals surface area contributed by atoms with Gasteiger partial charge in [-0.1, -0.05) is 23.2 Å². The van der Waals surface area contributed by atoms with Crippen molar-refractivity contribution in [1.29, 1.82) is 0 Å². The van der Waals surface area contributed by atoms with Gasteiger partial charge in [-0.3, -0.25) is 9.69 Å². The number of amides is 1. The van der Waals surface area contributed by atoms with Gasteiger partial charge >= 0.3 is 11.9 Å². The molecule has 1 aromatic carbocycles. The van der Waals surface area contributed by atoms with E-state index in [4.69, 9.17) is 23.2 Å². The monoisotopic (exact) mass is 259 g/mol. The van der Waals surface area contributed by atoms with Gasteiger partial charge in [0.25, 0.3) is 0 Å². The average molecular weight is 260 g/mol. The van der Waals surface area contributed by atoms with Gasteiger partial charge in [-0.05, 0) is 18.2 Å². The van der Waals surface area contributed by atoms with Crippen LogP contribution in [0.25, 0.3) is 0 Å². The van der Waals surface area contributed by atoms with E-state index in [-0.39, 0.29) is 6.61 Å². The van der Waals surface area contributed by atoms with Crippen LogP contribution >= 0.6 is 23.2 Å². The molecule has 1 amide bonds. The van der Waals surface area contributed by atoms with E-state index in [1.54, 1.807) is 12.1 Å². The number of anilines is 1. The van der Waals surface area contributed by atoms with Crippen molar-refractivity contribution in [1.82, 2.24) is 0 Å². The Kier molecular flexibility index (Phi) is 3.03. The topological polar surface area (TPSA) is 46.6 Å². The second-order valence-electron chi connectivity index (χ2n) is 3.19. The van der Waals surface area contributed by atoms with Gasteiger partial charge in [-0.25, -0.2) is 4.79 Å². The zero-order valence-corrected chi connectivity index (χ0v) is 9.59. The number of halogens is 2. The molecule has 0 atom stereocenters. The molecule has 1 aromatic rings. The van der Waals surface area contributed by atoms with E-state index in [0.29, 0.717) is 22.3 Å². The quantitative estimate of drug-likeness (QED) is 0.572. The maximum Gasteiger partial charge on any atom is 0.397 e. The van der Waals surface area contributed by atoms with Gasteiger partial charge < -0.3 is 4.74 Å². The lowest BCUT2D eigenvalue weighted by Crippen LogP contribution is -2.45. The Labute approximate surface area is 102 Å². The maximum absolute atomic E-state index is 11.5. The van der Waals surface area contributed by atoms with E-state index in [1.807, 2.05) is 0 Å². The molecule has 1 fully saturated rings. The van der Waals surface area contributed by atoms with Crippen LogP contribution < -0.4 is 4.90 Å². The molecule has 1 aliphatic heterocycles. The number of cyclic esters (lactones) is 1. The molecule has 0 aliphatic carbocycles. The Bertz CT molecular complexity index is 461. The Morgan fingerprint density at radius 3 is 2.69 bits per heavy atom. The van der Waals surface area contributed by atoms with Crippen LogP contribution in [0.3, 0.4) is 0 Å². The largest absolute Gasteiger partial charge is 0.457 e. The lowest BCUT2D eigenvalue weighted by Gasteiger charge is -2.26. The number of benzene rings is 1. The highest BCUT2D eigenvalue weighted by atomic mass is 35.5. The molecule has 0 bridgehead atoms. The number of carbonyl (C=O) groups excluding carboxylic acids is 2. The molecule has 0 unspecified atom stereocenters. The fraction of sp³-hybridized carbons (Fsp3) is 0.200. The first-order valence-corrected chi connectivity index (χ1v) is 5.29. The van der Waals surface area contributed by atoms with E-state index in [0.717, 1.165) is 0 Å². The van der Waals surface area contributed by atoms with Crippen LogP contribution in [0.4, 0.5) is 5.69 Å². The van der Waals surface area contributed by atoms with Gasteiger partial charge in [0.1, 0.15) is 6.61 Å². The van der Waals surface area contributed by atoms with E-state index < -0.39 is 11.9 Å². The fourth-order valence-electron chi connectivity index (χ4n) is 1.43. The minimum Gasteiger partial charge on any atom is -0.457 e. The zero-order chi connectivity index (χ0) is 11.7. The van der Waals surface area contributed by atoms with Crippen molar-refractivity contribution in [3.05, 3.63) is 28.2 Å². The number of hydrogen-bond donors (Lipinski definition) is 0. The number of nitrogens with zero attached hydrogens (tertiary/aromatic N) is 1. The van der Waals surface area contributed by atoms with Crippen LogP contribution in [-0.4, -0.2) is 25.0 Å². The summed E-state index contributed by atoms with van der Waals surface area (Å²) >= 11 is 11.7. The van der Waals surface area contributed by atoms with Gasteiger partial charge in [0.05, 0.1) is 17.3 Å². The third-order valence-electron chi connectivity index (χ3n) is 2.17. The van der Waals surface area contributed by atoms with E-state index >= 15 is 0 Å². The maximum atomic E-state index is 11.5. The summed E-state index contributed by atoms with van der Waals surface area (Å²) in [5.41, 5.74) is 0.465. The lowest BCUT2D eigenvalue weighted by molar-refractivity contribution is -0.156. The zero-order valence-electron chi connectivity index (χ0n) is 8.07. The van der Waals surface area contributed by atoms with Crippen LogP contribution in [0.15, 0.2) is 18.2 Å². The summed E-state index contributed by atoms with van der Waals surface area (Å²) in [5.74, 6) is -1.58. The van der Waals surface area contributed by atoms with Crippen LogP contribution in [0.2, 0.25) is 10.0 Å². The van der Waals surface area contributed by atoms with Crippen LogP contribution in [0.1, 0.15) is 0 Å². The Balaban J connectivity index is 2.36. The highest BCUT2D eigenvalue weighted by Gasteiger charge is 2.30. The molecule has 84 valence electrons.